The number of amides is 3. The minimum Gasteiger partial charge on any atom is -0.322 e. The van der Waals surface area contributed by atoms with Gasteiger partial charge >= 0.3 is 0 Å². The molecule has 0 radical (unpaired) electrons. The molecule has 2 heterocycles. The fraction of sp³-hybridized carbons (Fsp3) is 0.250. The lowest BCUT2D eigenvalue weighted by molar-refractivity contribution is -0.129. The van der Waals surface area contributed by atoms with Crippen LogP contribution >= 0.6 is 11.6 Å². The number of rotatable bonds is 5. The Hall–Kier alpha value is -3.45. The van der Waals surface area contributed by atoms with E-state index in [1.807, 2.05) is 31.2 Å². The van der Waals surface area contributed by atoms with E-state index in [0.717, 1.165) is 11.3 Å². The van der Waals surface area contributed by atoms with Crippen LogP contribution in [0, 0.1) is 13.8 Å². The molecule has 164 valence electrons. The summed E-state index contributed by atoms with van der Waals surface area (Å²) in [5.41, 5.74) is 3.85. The zero-order valence-corrected chi connectivity index (χ0v) is 18.6. The Balaban J connectivity index is 1.51. The number of nitrogens with one attached hydrogen (secondary N) is 1. The Morgan fingerprint density at radius 2 is 1.69 bits per heavy atom. The van der Waals surface area contributed by atoms with Crippen LogP contribution in [0.5, 0.6) is 0 Å². The number of imide groups is 1. The molecule has 3 aromatic rings. The molecule has 2 aromatic carbocycles. The fourth-order valence-electron chi connectivity index (χ4n) is 3.90. The van der Waals surface area contributed by atoms with E-state index in [0.29, 0.717) is 53.5 Å². The SMILES string of the molecule is Cc1nn(Cc2ccccc2Cl)c(C)c1C(=O)Nc1ccc(N2C(=O)CCCC2=O)cc1. The van der Waals surface area contributed by atoms with Crippen LogP contribution in [0.4, 0.5) is 11.4 Å². The zero-order chi connectivity index (χ0) is 22.8. The fourth-order valence-corrected chi connectivity index (χ4v) is 4.09. The van der Waals surface area contributed by atoms with Crippen molar-refractivity contribution in [2.24, 2.45) is 0 Å². The third-order valence-electron chi connectivity index (χ3n) is 5.55. The summed E-state index contributed by atoms with van der Waals surface area (Å²) in [5, 5.41) is 8.04. The van der Waals surface area contributed by atoms with E-state index < -0.39 is 0 Å². The Bertz CT molecular complexity index is 1180. The first-order chi connectivity index (χ1) is 15.3. The van der Waals surface area contributed by atoms with E-state index in [4.69, 9.17) is 11.6 Å². The first-order valence-corrected chi connectivity index (χ1v) is 10.8. The highest BCUT2D eigenvalue weighted by molar-refractivity contribution is 6.31. The average molecular weight is 451 g/mol. The Labute approximate surface area is 191 Å². The van der Waals surface area contributed by atoms with Gasteiger partial charge in [-0.05, 0) is 56.2 Å². The third-order valence-corrected chi connectivity index (χ3v) is 5.92. The molecule has 0 atom stereocenters. The van der Waals surface area contributed by atoms with Gasteiger partial charge < -0.3 is 5.32 Å². The van der Waals surface area contributed by atoms with Gasteiger partial charge in [0, 0.05) is 29.2 Å². The number of benzene rings is 2. The molecule has 1 aliphatic rings. The molecule has 0 aliphatic carbocycles. The van der Waals surface area contributed by atoms with Crippen LogP contribution in [-0.4, -0.2) is 27.5 Å². The zero-order valence-electron chi connectivity index (χ0n) is 17.9. The second kappa shape index (κ2) is 8.96. The van der Waals surface area contributed by atoms with Gasteiger partial charge in [-0.2, -0.15) is 5.10 Å². The summed E-state index contributed by atoms with van der Waals surface area (Å²) in [4.78, 5) is 38.4. The predicted octanol–water partition coefficient (Wildman–Crippen LogP) is 4.50. The van der Waals surface area contributed by atoms with Gasteiger partial charge in [-0.15, -0.1) is 0 Å². The number of halogens is 1. The maximum Gasteiger partial charge on any atom is 0.259 e. The highest BCUT2D eigenvalue weighted by Crippen LogP contribution is 2.25. The van der Waals surface area contributed by atoms with Crippen molar-refractivity contribution in [1.82, 2.24) is 9.78 Å². The number of hydrogen-bond donors (Lipinski definition) is 1. The van der Waals surface area contributed by atoms with Gasteiger partial charge in [0.15, 0.2) is 0 Å². The van der Waals surface area contributed by atoms with Crippen molar-refractivity contribution in [2.45, 2.75) is 39.7 Å². The molecule has 1 N–H and O–H groups in total. The monoisotopic (exact) mass is 450 g/mol. The van der Waals surface area contributed by atoms with Crippen LogP contribution in [0.15, 0.2) is 48.5 Å². The maximum absolute atomic E-state index is 13.0. The summed E-state index contributed by atoms with van der Waals surface area (Å²) in [6.07, 6.45) is 1.31. The molecular formula is C24H23ClN4O3. The van der Waals surface area contributed by atoms with Gasteiger partial charge in [0.05, 0.1) is 23.5 Å². The molecule has 8 heteroatoms. The van der Waals surface area contributed by atoms with Crippen LogP contribution < -0.4 is 10.2 Å². The van der Waals surface area contributed by atoms with E-state index in [-0.39, 0.29) is 17.7 Å². The number of carbonyl (C=O) groups is 3. The number of aromatic nitrogens is 2. The van der Waals surface area contributed by atoms with Crippen molar-refractivity contribution >= 4 is 40.7 Å². The van der Waals surface area contributed by atoms with Crippen molar-refractivity contribution in [3.8, 4) is 0 Å². The lowest BCUT2D eigenvalue weighted by atomic mass is 10.1. The standard InChI is InChI=1S/C24H23ClN4O3/c1-15-23(16(2)28(27-15)14-17-6-3-4-7-20(17)25)24(32)26-18-10-12-19(13-11-18)29-21(30)8-5-9-22(29)31/h3-4,6-7,10-13H,5,8-9,14H2,1-2H3,(H,26,32). The van der Waals surface area contributed by atoms with Crippen LogP contribution in [0.25, 0.3) is 0 Å². The molecule has 0 saturated carbocycles. The normalized spacial score (nSPS) is 14.0. The highest BCUT2D eigenvalue weighted by atomic mass is 35.5. The minimum atomic E-state index is -0.275. The quantitative estimate of drug-likeness (QED) is 0.580. The summed E-state index contributed by atoms with van der Waals surface area (Å²) in [7, 11) is 0. The molecule has 1 aromatic heterocycles. The van der Waals surface area contributed by atoms with Crippen molar-refractivity contribution in [3.05, 3.63) is 76.1 Å². The van der Waals surface area contributed by atoms with E-state index in [2.05, 4.69) is 10.4 Å². The van der Waals surface area contributed by atoms with Gasteiger partial charge in [0.1, 0.15) is 0 Å². The number of aryl methyl sites for hydroxylation is 1. The summed E-state index contributed by atoms with van der Waals surface area (Å²) < 4.78 is 1.77. The van der Waals surface area contributed by atoms with Crippen molar-refractivity contribution < 1.29 is 14.4 Å². The first-order valence-electron chi connectivity index (χ1n) is 10.4. The number of piperidine rings is 1. The largest absolute Gasteiger partial charge is 0.322 e. The second-order valence-corrected chi connectivity index (χ2v) is 8.18. The molecule has 1 fully saturated rings. The van der Waals surface area contributed by atoms with Crippen LogP contribution in [0.2, 0.25) is 5.02 Å². The van der Waals surface area contributed by atoms with Gasteiger partial charge in [-0.1, -0.05) is 29.8 Å². The number of nitrogens with zero attached hydrogens (tertiary/aromatic N) is 3. The van der Waals surface area contributed by atoms with Crippen LogP contribution in [0.1, 0.15) is 46.6 Å². The molecule has 1 aliphatic heterocycles. The summed E-state index contributed by atoms with van der Waals surface area (Å²) in [5.74, 6) is -0.672. The first kappa shape index (κ1) is 21.8. The molecule has 0 bridgehead atoms. The molecular weight excluding hydrogens is 428 g/mol. The lowest BCUT2D eigenvalue weighted by Crippen LogP contribution is -2.40. The van der Waals surface area contributed by atoms with Crippen molar-refractivity contribution in [2.75, 3.05) is 10.2 Å². The van der Waals surface area contributed by atoms with Gasteiger partial charge in [-0.25, -0.2) is 0 Å². The molecule has 1 saturated heterocycles. The minimum absolute atomic E-state index is 0.199. The topological polar surface area (TPSA) is 84.3 Å². The van der Waals surface area contributed by atoms with Crippen LogP contribution in [0.3, 0.4) is 0 Å². The summed E-state index contributed by atoms with van der Waals surface area (Å²) in [6, 6.07) is 14.2. The second-order valence-electron chi connectivity index (χ2n) is 7.77. The number of carbonyl (C=O) groups excluding carboxylic acids is 3. The Morgan fingerprint density at radius 1 is 1.03 bits per heavy atom. The lowest BCUT2D eigenvalue weighted by Gasteiger charge is -2.24. The van der Waals surface area contributed by atoms with Gasteiger partial charge in [-0.3, -0.25) is 24.0 Å². The third kappa shape index (κ3) is 4.29. The molecule has 0 spiro atoms. The Kier molecular flexibility index (Phi) is 6.10. The van der Waals surface area contributed by atoms with E-state index in [9.17, 15) is 14.4 Å². The van der Waals surface area contributed by atoms with Gasteiger partial charge in [0.25, 0.3) is 5.91 Å². The predicted molar refractivity (Wildman–Crippen MR) is 123 cm³/mol. The van der Waals surface area contributed by atoms with Crippen molar-refractivity contribution in [3.63, 3.8) is 0 Å². The Morgan fingerprint density at radius 3 is 2.34 bits per heavy atom. The highest BCUT2D eigenvalue weighted by Gasteiger charge is 2.27. The molecule has 3 amide bonds. The van der Waals surface area contributed by atoms with E-state index in [1.165, 1.54) is 4.90 Å². The summed E-state index contributed by atoms with van der Waals surface area (Å²) >= 11 is 6.26. The van der Waals surface area contributed by atoms with Gasteiger partial charge in [0.2, 0.25) is 11.8 Å². The van der Waals surface area contributed by atoms with Crippen molar-refractivity contribution in [1.29, 1.82) is 0 Å². The number of anilines is 2. The van der Waals surface area contributed by atoms with E-state index in [1.54, 1.807) is 35.9 Å². The van der Waals surface area contributed by atoms with E-state index >= 15 is 0 Å². The van der Waals surface area contributed by atoms with Crippen LogP contribution in [-0.2, 0) is 16.1 Å². The molecule has 0 unspecified atom stereocenters. The number of hydrogen-bond acceptors (Lipinski definition) is 4. The molecule has 7 nitrogen and oxygen atoms in total. The maximum atomic E-state index is 13.0. The molecule has 32 heavy (non-hydrogen) atoms. The average Bonchev–Trinajstić information content (AvgIpc) is 3.04. The molecule has 4 rings (SSSR count). The smallest absolute Gasteiger partial charge is 0.259 e. The summed E-state index contributed by atoms with van der Waals surface area (Å²) in [6.45, 7) is 4.11.